The summed E-state index contributed by atoms with van der Waals surface area (Å²) in [5, 5.41) is 4.41. The maximum absolute atomic E-state index is 13.0. The van der Waals surface area contributed by atoms with Crippen LogP contribution in [0.4, 0.5) is 0 Å². The minimum atomic E-state index is 0.0560. The van der Waals surface area contributed by atoms with Crippen LogP contribution >= 0.6 is 0 Å². The Bertz CT molecular complexity index is 706. The van der Waals surface area contributed by atoms with Gasteiger partial charge in [-0.1, -0.05) is 0 Å². The van der Waals surface area contributed by atoms with E-state index in [1.165, 1.54) is 0 Å². The zero-order valence-electron chi connectivity index (χ0n) is 15.3. The highest BCUT2D eigenvalue weighted by atomic mass is 16.5. The van der Waals surface area contributed by atoms with E-state index in [2.05, 4.69) is 10.00 Å². The molecule has 0 unspecified atom stereocenters. The molecule has 0 aliphatic carbocycles. The smallest absolute Gasteiger partial charge is 0.270 e. The van der Waals surface area contributed by atoms with E-state index in [1.54, 1.807) is 6.20 Å². The number of fused-ring (bicyclic) bond motifs is 1. The van der Waals surface area contributed by atoms with Crippen molar-refractivity contribution in [1.82, 2.24) is 24.1 Å². The molecule has 3 rings (SSSR count). The molecule has 2 aromatic heterocycles. The molecule has 1 aliphatic rings. The predicted molar refractivity (Wildman–Crippen MR) is 95.2 cm³/mol. The lowest BCUT2D eigenvalue weighted by Crippen LogP contribution is -2.36. The monoisotopic (exact) mass is 345 g/mol. The molecule has 0 N–H and O–H groups in total. The van der Waals surface area contributed by atoms with Crippen molar-refractivity contribution in [3.05, 3.63) is 42.0 Å². The number of ether oxygens (including phenoxy) is 1. The minimum Gasteiger partial charge on any atom is -0.380 e. The molecule has 1 atom stereocenters. The van der Waals surface area contributed by atoms with E-state index >= 15 is 0 Å². The molecule has 2 aromatic rings. The Morgan fingerprint density at radius 2 is 2.20 bits per heavy atom. The number of hydrogen-bond donors (Lipinski definition) is 0. The maximum Gasteiger partial charge on any atom is 0.270 e. The number of amides is 1. The summed E-state index contributed by atoms with van der Waals surface area (Å²) in [5.74, 6) is 0.285. The van der Waals surface area contributed by atoms with E-state index in [9.17, 15) is 4.79 Å². The molecule has 1 aliphatic heterocycles. The molecule has 7 nitrogen and oxygen atoms in total. The largest absolute Gasteiger partial charge is 0.380 e. The molecule has 0 saturated heterocycles. The second-order valence-corrected chi connectivity index (χ2v) is 6.94. The molecule has 136 valence electrons. The molecule has 0 fully saturated rings. The van der Waals surface area contributed by atoms with Crippen molar-refractivity contribution >= 4 is 5.91 Å². The van der Waals surface area contributed by atoms with Gasteiger partial charge in [0.15, 0.2) is 0 Å². The van der Waals surface area contributed by atoms with Gasteiger partial charge < -0.3 is 19.1 Å². The van der Waals surface area contributed by atoms with Crippen molar-refractivity contribution in [3.8, 4) is 0 Å². The van der Waals surface area contributed by atoms with Gasteiger partial charge in [-0.05, 0) is 32.3 Å². The quantitative estimate of drug-likeness (QED) is 0.735. The zero-order valence-corrected chi connectivity index (χ0v) is 15.3. The Hall–Kier alpha value is -2.12. The Morgan fingerprint density at radius 1 is 1.36 bits per heavy atom. The van der Waals surface area contributed by atoms with Crippen molar-refractivity contribution in [2.24, 2.45) is 13.0 Å². The lowest BCUT2D eigenvalue weighted by molar-refractivity contribution is 0.0554. The fourth-order valence-corrected chi connectivity index (χ4v) is 3.14. The average molecular weight is 345 g/mol. The van der Waals surface area contributed by atoms with Crippen molar-refractivity contribution in [2.75, 3.05) is 40.4 Å². The van der Waals surface area contributed by atoms with Crippen LogP contribution in [0, 0.1) is 5.92 Å². The van der Waals surface area contributed by atoms with E-state index in [4.69, 9.17) is 4.74 Å². The van der Waals surface area contributed by atoms with Gasteiger partial charge >= 0.3 is 0 Å². The molecule has 0 saturated carbocycles. The third-order valence-corrected chi connectivity index (χ3v) is 4.55. The molecule has 0 bridgehead atoms. The summed E-state index contributed by atoms with van der Waals surface area (Å²) in [6.07, 6.45) is 3.70. The number of hydrogen-bond acceptors (Lipinski definition) is 4. The predicted octanol–water partition coefficient (Wildman–Crippen LogP) is 1.07. The van der Waals surface area contributed by atoms with Gasteiger partial charge in [0.25, 0.3) is 5.91 Å². The molecule has 0 radical (unpaired) electrons. The van der Waals surface area contributed by atoms with Crippen LogP contribution < -0.4 is 0 Å². The highest BCUT2D eigenvalue weighted by molar-refractivity contribution is 5.92. The Morgan fingerprint density at radius 3 is 2.92 bits per heavy atom. The maximum atomic E-state index is 13.0. The van der Waals surface area contributed by atoms with Crippen LogP contribution in [-0.4, -0.2) is 70.5 Å². The van der Waals surface area contributed by atoms with E-state index in [-0.39, 0.29) is 11.8 Å². The van der Waals surface area contributed by atoms with Gasteiger partial charge in [-0.3, -0.25) is 9.48 Å². The van der Waals surface area contributed by atoms with Crippen LogP contribution in [0.2, 0.25) is 0 Å². The Labute approximate surface area is 148 Å². The number of rotatable bonds is 6. The molecule has 1 amide bonds. The standard InChI is InChI=1S/C18H27N5O2/c1-20(2)9-10-25-14-15-11-22(13-16-6-7-19-23(16)12-15)18(24)17-5-4-8-21(17)3/h4-8,15H,9-14H2,1-3H3/t15-/m0/s1. The SMILES string of the molecule is CN(C)CCOC[C@H]1CN(C(=O)c2cccn2C)Cc2ccnn2C1. The summed E-state index contributed by atoms with van der Waals surface area (Å²) in [5.41, 5.74) is 1.78. The molecular weight excluding hydrogens is 318 g/mol. The third kappa shape index (κ3) is 4.29. The zero-order chi connectivity index (χ0) is 17.8. The summed E-state index contributed by atoms with van der Waals surface area (Å²) in [6.45, 7) is 4.26. The van der Waals surface area contributed by atoms with E-state index in [1.807, 2.05) is 59.7 Å². The van der Waals surface area contributed by atoms with Crippen molar-refractivity contribution < 1.29 is 9.53 Å². The van der Waals surface area contributed by atoms with E-state index in [0.29, 0.717) is 32.0 Å². The minimum absolute atomic E-state index is 0.0560. The summed E-state index contributed by atoms with van der Waals surface area (Å²) in [7, 11) is 5.97. The topological polar surface area (TPSA) is 55.5 Å². The van der Waals surface area contributed by atoms with Gasteiger partial charge in [-0.15, -0.1) is 0 Å². The first-order chi connectivity index (χ1) is 12.0. The van der Waals surface area contributed by atoms with Crippen molar-refractivity contribution in [2.45, 2.75) is 13.1 Å². The molecule has 25 heavy (non-hydrogen) atoms. The number of aryl methyl sites for hydroxylation is 1. The van der Waals surface area contributed by atoms with Crippen LogP contribution in [0.25, 0.3) is 0 Å². The average Bonchev–Trinajstić information content (AvgIpc) is 3.15. The fraction of sp³-hybridized carbons (Fsp3) is 0.556. The fourth-order valence-electron chi connectivity index (χ4n) is 3.14. The molecule has 3 heterocycles. The number of carbonyl (C=O) groups excluding carboxylic acids is 1. The number of aromatic nitrogens is 3. The second kappa shape index (κ2) is 7.84. The molecular formula is C18H27N5O2. The third-order valence-electron chi connectivity index (χ3n) is 4.55. The van der Waals surface area contributed by atoms with Crippen LogP contribution in [0.15, 0.2) is 30.6 Å². The number of carbonyl (C=O) groups is 1. The molecule has 0 aromatic carbocycles. The van der Waals surface area contributed by atoms with Crippen LogP contribution in [0.3, 0.4) is 0 Å². The first-order valence-corrected chi connectivity index (χ1v) is 8.68. The highest BCUT2D eigenvalue weighted by Crippen LogP contribution is 2.18. The molecule has 7 heteroatoms. The van der Waals surface area contributed by atoms with Gasteiger partial charge in [0.1, 0.15) is 5.69 Å². The second-order valence-electron chi connectivity index (χ2n) is 6.94. The van der Waals surface area contributed by atoms with Gasteiger partial charge in [-0.25, -0.2) is 0 Å². The van der Waals surface area contributed by atoms with Crippen LogP contribution in [-0.2, 0) is 24.9 Å². The lowest BCUT2D eigenvalue weighted by Gasteiger charge is -2.24. The van der Waals surface area contributed by atoms with Gasteiger partial charge in [-0.2, -0.15) is 5.10 Å². The summed E-state index contributed by atoms with van der Waals surface area (Å²) >= 11 is 0. The normalized spacial score (nSPS) is 17.6. The Kier molecular flexibility index (Phi) is 5.55. The van der Waals surface area contributed by atoms with Crippen molar-refractivity contribution in [3.63, 3.8) is 0 Å². The molecule has 0 spiro atoms. The van der Waals surface area contributed by atoms with E-state index in [0.717, 1.165) is 18.8 Å². The van der Waals surface area contributed by atoms with Crippen molar-refractivity contribution in [1.29, 1.82) is 0 Å². The first kappa shape index (κ1) is 17.7. The number of nitrogens with zero attached hydrogens (tertiary/aromatic N) is 5. The number of likely N-dealkylation sites (N-methyl/N-ethyl adjacent to an activating group) is 1. The van der Waals surface area contributed by atoms with Crippen LogP contribution in [0.1, 0.15) is 16.2 Å². The van der Waals surface area contributed by atoms with Crippen LogP contribution in [0.5, 0.6) is 0 Å². The summed E-state index contributed by atoms with van der Waals surface area (Å²) in [4.78, 5) is 17.0. The highest BCUT2D eigenvalue weighted by Gasteiger charge is 2.27. The van der Waals surface area contributed by atoms with E-state index < -0.39 is 0 Å². The van der Waals surface area contributed by atoms with Gasteiger partial charge in [0.2, 0.25) is 0 Å². The van der Waals surface area contributed by atoms with Gasteiger partial charge in [0, 0.05) is 45.0 Å². The summed E-state index contributed by atoms with van der Waals surface area (Å²) in [6, 6.07) is 5.75. The lowest BCUT2D eigenvalue weighted by atomic mass is 10.1. The van der Waals surface area contributed by atoms with Gasteiger partial charge in [0.05, 0.1) is 25.5 Å². The summed E-state index contributed by atoms with van der Waals surface area (Å²) < 4.78 is 9.71. The first-order valence-electron chi connectivity index (χ1n) is 8.68. The Balaban J connectivity index is 1.70.